The molecule has 0 spiro atoms. The van der Waals surface area contributed by atoms with Gasteiger partial charge in [0.2, 0.25) is 0 Å². The number of rotatable bonds is 4. The molecule has 0 unspecified atom stereocenters. The van der Waals surface area contributed by atoms with Crippen LogP contribution in [0.5, 0.6) is 5.75 Å². The first-order chi connectivity index (χ1) is 10.1. The number of hydrogen-bond acceptors (Lipinski definition) is 4. The Kier molecular flexibility index (Phi) is 4.30. The van der Waals surface area contributed by atoms with Crippen LogP contribution in [0.15, 0.2) is 53.6 Å². The fourth-order valence-corrected chi connectivity index (χ4v) is 1.68. The van der Waals surface area contributed by atoms with Crippen molar-refractivity contribution < 1.29 is 19.8 Å². The minimum absolute atomic E-state index is 0.0267. The highest BCUT2D eigenvalue weighted by atomic mass is 16.4. The van der Waals surface area contributed by atoms with Gasteiger partial charge in [0.25, 0.3) is 5.91 Å². The number of amides is 1. The van der Waals surface area contributed by atoms with Gasteiger partial charge in [-0.05, 0) is 6.07 Å². The summed E-state index contributed by atoms with van der Waals surface area (Å²) in [6, 6.07) is 12.0. The summed E-state index contributed by atoms with van der Waals surface area (Å²) in [5.41, 5.74) is 2.58. The average molecular weight is 283 g/mol. The fourth-order valence-electron chi connectivity index (χ4n) is 1.68. The number of nitrogens with one attached hydrogen (secondary N) is 1. The molecule has 0 aromatic heterocycles. The Morgan fingerprint density at radius 2 is 1.67 bits per heavy atom. The molecule has 0 heterocycles. The van der Waals surface area contributed by atoms with Crippen molar-refractivity contribution in [2.75, 3.05) is 0 Å². The first-order valence-electron chi connectivity index (χ1n) is 6.01. The SMILES string of the molecule is O=C(N/N=C\c1ccccc1C(=O)O)c1ccccc1[O-]. The van der Waals surface area contributed by atoms with E-state index in [0.717, 1.165) is 0 Å². The minimum Gasteiger partial charge on any atom is -0.872 e. The van der Waals surface area contributed by atoms with Gasteiger partial charge in [-0.2, -0.15) is 5.10 Å². The van der Waals surface area contributed by atoms with Crippen LogP contribution in [0.2, 0.25) is 0 Å². The quantitative estimate of drug-likeness (QED) is 0.650. The van der Waals surface area contributed by atoms with Crippen molar-refractivity contribution in [2.24, 2.45) is 5.10 Å². The number of benzene rings is 2. The van der Waals surface area contributed by atoms with Gasteiger partial charge in [-0.15, -0.1) is 0 Å². The lowest BCUT2D eigenvalue weighted by Gasteiger charge is -2.10. The van der Waals surface area contributed by atoms with E-state index in [1.165, 1.54) is 30.5 Å². The third kappa shape index (κ3) is 3.44. The monoisotopic (exact) mass is 283 g/mol. The van der Waals surface area contributed by atoms with Gasteiger partial charge in [-0.1, -0.05) is 48.2 Å². The van der Waals surface area contributed by atoms with Gasteiger partial charge < -0.3 is 10.2 Å². The summed E-state index contributed by atoms with van der Waals surface area (Å²) in [6.07, 6.45) is 1.22. The molecular weight excluding hydrogens is 272 g/mol. The van der Waals surface area contributed by atoms with E-state index in [4.69, 9.17) is 5.11 Å². The molecule has 2 aromatic rings. The molecule has 0 aliphatic carbocycles. The van der Waals surface area contributed by atoms with Crippen molar-refractivity contribution in [2.45, 2.75) is 0 Å². The molecule has 0 bridgehead atoms. The van der Waals surface area contributed by atoms with E-state index in [-0.39, 0.29) is 11.1 Å². The summed E-state index contributed by atoms with van der Waals surface area (Å²) in [7, 11) is 0. The second-order valence-corrected chi connectivity index (χ2v) is 4.09. The van der Waals surface area contributed by atoms with Crippen LogP contribution in [-0.4, -0.2) is 23.2 Å². The van der Waals surface area contributed by atoms with Crippen LogP contribution in [0.25, 0.3) is 0 Å². The first kappa shape index (κ1) is 14.3. The Hall–Kier alpha value is -3.15. The third-order valence-electron chi connectivity index (χ3n) is 2.69. The van der Waals surface area contributed by atoms with Gasteiger partial charge in [-0.3, -0.25) is 4.79 Å². The van der Waals surface area contributed by atoms with Gasteiger partial charge >= 0.3 is 5.97 Å². The van der Waals surface area contributed by atoms with Crippen molar-refractivity contribution in [3.63, 3.8) is 0 Å². The maximum absolute atomic E-state index is 11.7. The molecule has 1 amide bonds. The molecule has 6 heteroatoms. The van der Waals surface area contributed by atoms with Crippen LogP contribution < -0.4 is 10.5 Å². The largest absolute Gasteiger partial charge is 0.872 e. The Balaban J connectivity index is 2.12. The van der Waals surface area contributed by atoms with Crippen molar-refractivity contribution in [1.82, 2.24) is 5.43 Å². The Bertz CT molecular complexity index is 710. The van der Waals surface area contributed by atoms with Gasteiger partial charge in [0, 0.05) is 11.1 Å². The maximum Gasteiger partial charge on any atom is 0.336 e. The standard InChI is InChI=1S/C15H12N2O4/c18-13-8-4-3-7-12(13)14(19)17-16-9-10-5-1-2-6-11(10)15(20)21/h1-9,18H,(H,17,19)(H,20,21)/p-1/b16-9-. The zero-order valence-corrected chi connectivity index (χ0v) is 10.8. The van der Waals surface area contributed by atoms with Crippen LogP contribution in [-0.2, 0) is 0 Å². The second-order valence-electron chi connectivity index (χ2n) is 4.09. The van der Waals surface area contributed by atoms with Crippen LogP contribution in [0, 0.1) is 0 Å². The molecule has 2 rings (SSSR count). The number of hydrazone groups is 1. The number of carbonyl (C=O) groups is 2. The Morgan fingerprint density at radius 1 is 1.05 bits per heavy atom. The highest BCUT2D eigenvalue weighted by Crippen LogP contribution is 2.11. The molecule has 106 valence electrons. The van der Waals surface area contributed by atoms with E-state index in [9.17, 15) is 14.7 Å². The third-order valence-corrected chi connectivity index (χ3v) is 2.69. The maximum atomic E-state index is 11.7. The molecular formula is C15H11N2O4-. The lowest BCUT2D eigenvalue weighted by molar-refractivity contribution is -0.268. The zero-order valence-electron chi connectivity index (χ0n) is 10.8. The fraction of sp³-hybridized carbons (Fsp3) is 0. The predicted molar refractivity (Wildman–Crippen MR) is 74.3 cm³/mol. The van der Waals surface area contributed by atoms with E-state index >= 15 is 0 Å². The van der Waals surface area contributed by atoms with Gasteiger partial charge in [0.05, 0.1) is 11.8 Å². The molecule has 2 aromatic carbocycles. The summed E-state index contributed by atoms with van der Waals surface area (Å²) in [6.45, 7) is 0. The normalized spacial score (nSPS) is 10.5. The molecule has 0 atom stereocenters. The van der Waals surface area contributed by atoms with E-state index in [1.807, 2.05) is 0 Å². The highest BCUT2D eigenvalue weighted by Gasteiger charge is 2.07. The number of carboxylic acid groups (broad SMARTS) is 1. The molecule has 0 aliphatic rings. The summed E-state index contributed by atoms with van der Waals surface area (Å²) >= 11 is 0. The summed E-state index contributed by atoms with van der Waals surface area (Å²) in [4.78, 5) is 22.7. The minimum atomic E-state index is -1.09. The van der Waals surface area contributed by atoms with E-state index in [0.29, 0.717) is 5.56 Å². The number of nitrogens with zero attached hydrogens (tertiary/aromatic N) is 1. The molecule has 0 saturated carbocycles. The number of hydrogen-bond donors (Lipinski definition) is 2. The first-order valence-corrected chi connectivity index (χ1v) is 6.01. The van der Waals surface area contributed by atoms with Crippen LogP contribution in [0.4, 0.5) is 0 Å². The average Bonchev–Trinajstić information content (AvgIpc) is 2.48. The van der Waals surface area contributed by atoms with E-state index in [1.54, 1.807) is 24.3 Å². The number of carboxylic acids is 1. The Morgan fingerprint density at radius 3 is 2.33 bits per heavy atom. The molecule has 0 aliphatic heterocycles. The summed E-state index contributed by atoms with van der Waals surface area (Å²) < 4.78 is 0. The highest BCUT2D eigenvalue weighted by molar-refractivity contribution is 6.00. The molecule has 21 heavy (non-hydrogen) atoms. The lowest BCUT2D eigenvalue weighted by Crippen LogP contribution is -2.19. The molecule has 6 nitrogen and oxygen atoms in total. The van der Waals surface area contributed by atoms with Crippen LogP contribution >= 0.6 is 0 Å². The predicted octanol–water partition coefficient (Wildman–Crippen LogP) is 1.22. The molecule has 0 fully saturated rings. The second kappa shape index (κ2) is 6.33. The Labute approximate surface area is 120 Å². The molecule has 0 radical (unpaired) electrons. The number of para-hydroxylation sites is 1. The summed E-state index contributed by atoms with van der Waals surface area (Å²) in [5.74, 6) is -2.14. The van der Waals surface area contributed by atoms with Crippen molar-refractivity contribution in [3.05, 3.63) is 65.2 Å². The van der Waals surface area contributed by atoms with Crippen molar-refractivity contribution in [1.29, 1.82) is 0 Å². The van der Waals surface area contributed by atoms with Crippen LogP contribution in [0.3, 0.4) is 0 Å². The van der Waals surface area contributed by atoms with Gasteiger partial charge in [-0.25, -0.2) is 10.2 Å². The van der Waals surface area contributed by atoms with E-state index in [2.05, 4.69) is 10.5 Å². The van der Waals surface area contributed by atoms with Crippen molar-refractivity contribution in [3.8, 4) is 5.75 Å². The van der Waals surface area contributed by atoms with Gasteiger partial charge in [0.15, 0.2) is 0 Å². The van der Waals surface area contributed by atoms with E-state index < -0.39 is 17.6 Å². The zero-order chi connectivity index (χ0) is 15.2. The smallest absolute Gasteiger partial charge is 0.336 e. The molecule has 2 N–H and O–H groups in total. The van der Waals surface area contributed by atoms with Crippen molar-refractivity contribution >= 4 is 18.1 Å². The number of carbonyl (C=O) groups excluding carboxylic acids is 1. The topological polar surface area (TPSA) is 102 Å². The molecule has 0 saturated heterocycles. The van der Waals surface area contributed by atoms with Crippen LogP contribution in [0.1, 0.15) is 26.3 Å². The number of aromatic carboxylic acids is 1. The lowest BCUT2D eigenvalue weighted by atomic mass is 10.1. The van der Waals surface area contributed by atoms with Gasteiger partial charge in [0.1, 0.15) is 0 Å². The summed E-state index contributed by atoms with van der Waals surface area (Å²) in [5, 5.41) is 24.1.